The fourth-order valence-corrected chi connectivity index (χ4v) is 3.38. The number of ether oxygens (including phenoxy) is 1. The summed E-state index contributed by atoms with van der Waals surface area (Å²) in [7, 11) is -3.93. The predicted octanol–water partition coefficient (Wildman–Crippen LogP) is 3.42. The SMILES string of the molecule is Cc1ccc(S(=O)(=O)N[C@@H](C)C(=O)OCc2cccc(C(F)(F)F)c2)cc1. The van der Waals surface area contributed by atoms with Crippen LogP contribution in [-0.2, 0) is 32.3 Å². The van der Waals surface area contributed by atoms with E-state index in [4.69, 9.17) is 4.74 Å². The number of esters is 1. The lowest BCUT2D eigenvalue weighted by Gasteiger charge is -2.14. The van der Waals surface area contributed by atoms with Crippen molar-refractivity contribution in [2.24, 2.45) is 0 Å². The van der Waals surface area contributed by atoms with Gasteiger partial charge in [0.15, 0.2) is 0 Å². The van der Waals surface area contributed by atoms with Crippen LogP contribution >= 0.6 is 0 Å². The molecular formula is C18H18F3NO4S. The Labute approximate surface area is 155 Å². The van der Waals surface area contributed by atoms with Gasteiger partial charge in [-0.2, -0.15) is 17.9 Å². The van der Waals surface area contributed by atoms with Crippen molar-refractivity contribution in [2.45, 2.75) is 37.6 Å². The zero-order valence-corrected chi connectivity index (χ0v) is 15.4. The van der Waals surface area contributed by atoms with Gasteiger partial charge in [-0.1, -0.05) is 29.8 Å². The number of benzene rings is 2. The van der Waals surface area contributed by atoms with E-state index in [2.05, 4.69) is 4.72 Å². The Morgan fingerprint density at radius 1 is 1.15 bits per heavy atom. The molecule has 0 saturated carbocycles. The molecule has 9 heteroatoms. The third kappa shape index (κ3) is 5.80. The van der Waals surface area contributed by atoms with Crippen LogP contribution in [0.25, 0.3) is 0 Å². The molecule has 27 heavy (non-hydrogen) atoms. The van der Waals surface area contributed by atoms with Crippen LogP contribution in [0, 0.1) is 6.92 Å². The van der Waals surface area contributed by atoms with Crippen LogP contribution in [-0.4, -0.2) is 20.4 Å². The minimum atomic E-state index is -4.50. The summed E-state index contributed by atoms with van der Waals surface area (Å²) in [5.74, 6) is -0.900. The Bertz CT molecular complexity index is 909. The van der Waals surface area contributed by atoms with E-state index < -0.39 is 40.4 Å². The first-order chi connectivity index (χ1) is 12.5. The molecule has 146 valence electrons. The van der Waals surface area contributed by atoms with Crippen molar-refractivity contribution in [2.75, 3.05) is 0 Å². The average molecular weight is 401 g/mol. The molecule has 0 spiro atoms. The van der Waals surface area contributed by atoms with Gasteiger partial charge in [0.25, 0.3) is 0 Å². The standard InChI is InChI=1S/C18H18F3NO4S/c1-12-6-8-16(9-7-12)27(24,25)22-13(2)17(23)26-11-14-4-3-5-15(10-14)18(19,20)21/h3-10,13,22H,11H2,1-2H3/t13-/m0/s1. The highest BCUT2D eigenvalue weighted by molar-refractivity contribution is 7.89. The molecule has 5 nitrogen and oxygen atoms in total. The highest BCUT2D eigenvalue weighted by Crippen LogP contribution is 2.29. The lowest BCUT2D eigenvalue weighted by molar-refractivity contribution is -0.146. The van der Waals surface area contributed by atoms with Crippen molar-refractivity contribution in [3.63, 3.8) is 0 Å². The number of carbonyl (C=O) groups excluding carboxylic acids is 1. The fraction of sp³-hybridized carbons (Fsp3) is 0.278. The van der Waals surface area contributed by atoms with Crippen LogP contribution < -0.4 is 4.72 Å². The number of aryl methyl sites for hydroxylation is 1. The van der Waals surface area contributed by atoms with Crippen molar-refractivity contribution in [3.05, 3.63) is 65.2 Å². The zero-order chi connectivity index (χ0) is 20.2. The monoisotopic (exact) mass is 401 g/mol. The largest absolute Gasteiger partial charge is 0.460 e. The van der Waals surface area contributed by atoms with Crippen LogP contribution in [0.2, 0.25) is 0 Å². The molecule has 0 heterocycles. The van der Waals surface area contributed by atoms with E-state index >= 15 is 0 Å². The molecule has 0 saturated heterocycles. The van der Waals surface area contributed by atoms with Crippen molar-refractivity contribution in [1.29, 1.82) is 0 Å². The van der Waals surface area contributed by atoms with E-state index in [1.807, 2.05) is 0 Å². The minimum absolute atomic E-state index is 0.00868. The topological polar surface area (TPSA) is 72.5 Å². The van der Waals surface area contributed by atoms with Crippen LogP contribution in [0.5, 0.6) is 0 Å². The molecule has 1 N–H and O–H groups in total. The van der Waals surface area contributed by atoms with Gasteiger partial charge in [0.1, 0.15) is 12.6 Å². The fourth-order valence-electron chi connectivity index (χ4n) is 2.18. The van der Waals surface area contributed by atoms with E-state index in [1.165, 1.54) is 31.2 Å². The Morgan fingerprint density at radius 2 is 1.78 bits per heavy atom. The summed E-state index contributed by atoms with van der Waals surface area (Å²) >= 11 is 0. The number of carbonyl (C=O) groups is 1. The van der Waals surface area contributed by atoms with Crippen molar-refractivity contribution >= 4 is 16.0 Å². The number of alkyl halides is 3. The van der Waals surface area contributed by atoms with Gasteiger partial charge in [0.2, 0.25) is 10.0 Å². The third-order valence-corrected chi connectivity index (χ3v) is 5.21. The molecular weight excluding hydrogens is 383 g/mol. The Morgan fingerprint density at radius 3 is 2.37 bits per heavy atom. The van der Waals surface area contributed by atoms with Crippen molar-refractivity contribution in [3.8, 4) is 0 Å². The van der Waals surface area contributed by atoms with Gasteiger partial charge in [0, 0.05) is 0 Å². The summed E-state index contributed by atoms with van der Waals surface area (Å²) < 4.78 is 69.6. The molecule has 0 bridgehead atoms. The molecule has 1 atom stereocenters. The van der Waals surface area contributed by atoms with Crippen LogP contribution in [0.15, 0.2) is 53.4 Å². The minimum Gasteiger partial charge on any atom is -0.460 e. The molecule has 0 fully saturated rings. The number of halogens is 3. The second-order valence-corrected chi connectivity index (χ2v) is 7.68. The molecule has 0 unspecified atom stereocenters. The third-order valence-electron chi connectivity index (χ3n) is 3.65. The van der Waals surface area contributed by atoms with Crippen LogP contribution in [0.3, 0.4) is 0 Å². The molecule has 0 radical (unpaired) electrons. The van der Waals surface area contributed by atoms with Gasteiger partial charge in [0.05, 0.1) is 10.5 Å². The first-order valence-electron chi connectivity index (χ1n) is 7.91. The number of nitrogens with one attached hydrogen (secondary N) is 1. The Balaban J connectivity index is 1.99. The van der Waals surface area contributed by atoms with Gasteiger partial charge >= 0.3 is 12.1 Å². The van der Waals surface area contributed by atoms with Crippen LogP contribution in [0.4, 0.5) is 13.2 Å². The number of sulfonamides is 1. The van der Waals surface area contributed by atoms with E-state index in [0.29, 0.717) is 0 Å². The van der Waals surface area contributed by atoms with Gasteiger partial charge in [-0.05, 0) is 43.7 Å². The second-order valence-electron chi connectivity index (χ2n) is 5.96. The highest BCUT2D eigenvalue weighted by atomic mass is 32.2. The quantitative estimate of drug-likeness (QED) is 0.753. The lowest BCUT2D eigenvalue weighted by atomic mass is 10.1. The molecule has 2 aromatic rings. The zero-order valence-electron chi connectivity index (χ0n) is 14.6. The van der Waals surface area contributed by atoms with Gasteiger partial charge < -0.3 is 4.74 Å². The summed E-state index contributed by atoms with van der Waals surface area (Å²) in [4.78, 5) is 12.0. The summed E-state index contributed by atoms with van der Waals surface area (Å²) in [6.45, 7) is 2.69. The number of hydrogen-bond donors (Lipinski definition) is 1. The summed E-state index contributed by atoms with van der Waals surface area (Å²) in [6.07, 6.45) is -4.50. The van der Waals surface area contributed by atoms with Crippen LogP contribution in [0.1, 0.15) is 23.6 Å². The molecule has 2 rings (SSSR count). The predicted molar refractivity (Wildman–Crippen MR) is 92.2 cm³/mol. The summed E-state index contributed by atoms with van der Waals surface area (Å²) in [5, 5.41) is 0. The normalized spacial score (nSPS) is 13.2. The van der Waals surface area contributed by atoms with E-state index in [1.54, 1.807) is 19.1 Å². The first kappa shape index (κ1) is 20.9. The molecule has 0 aromatic heterocycles. The maximum Gasteiger partial charge on any atom is 0.416 e. The molecule has 0 aliphatic rings. The van der Waals surface area contributed by atoms with Gasteiger partial charge in [-0.3, -0.25) is 4.79 Å². The number of hydrogen-bond acceptors (Lipinski definition) is 4. The van der Waals surface area contributed by atoms with Gasteiger partial charge in [-0.25, -0.2) is 8.42 Å². The molecule has 0 amide bonds. The van der Waals surface area contributed by atoms with Gasteiger partial charge in [-0.15, -0.1) is 0 Å². The average Bonchev–Trinajstić information content (AvgIpc) is 2.59. The summed E-state index contributed by atoms with van der Waals surface area (Å²) in [6, 6.07) is 9.19. The first-order valence-corrected chi connectivity index (χ1v) is 9.39. The van der Waals surface area contributed by atoms with E-state index in [-0.39, 0.29) is 10.5 Å². The Hall–Kier alpha value is -2.39. The van der Waals surface area contributed by atoms with E-state index in [0.717, 1.165) is 17.7 Å². The molecule has 0 aliphatic carbocycles. The number of rotatable bonds is 6. The maximum absolute atomic E-state index is 12.7. The van der Waals surface area contributed by atoms with Crippen molar-refractivity contribution in [1.82, 2.24) is 4.72 Å². The Kier molecular flexibility index (Phi) is 6.27. The maximum atomic E-state index is 12.7. The van der Waals surface area contributed by atoms with E-state index in [9.17, 15) is 26.4 Å². The molecule has 0 aliphatic heterocycles. The smallest absolute Gasteiger partial charge is 0.416 e. The van der Waals surface area contributed by atoms with Crippen molar-refractivity contribution < 1.29 is 31.1 Å². The molecule has 2 aromatic carbocycles. The highest BCUT2D eigenvalue weighted by Gasteiger charge is 2.30. The lowest BCUT2D eigenvalue weighted by Crippen LogP contribution is -2.39. The second kappa shape index (κ2) is 8.10. The summed E-state index contributed by atoms with van der Waals surface area (Å²) in [5.41, 5.74) is 0.165.